The highest BCUT2D eigenvalue weighted by Gasteiger charge is 2.26. The lowest BCUT2D eigenvalue weighted by Gasteiger charge is -2.01. The molecule has 0 amide bonds. The predicted octanol–water partition coefficient (Wildman–Crippen LogP) is 3.08. The molecule has 0 saturated heterocycles. The Kier molecular flexibility index (Phi) is 2.08. The summed E-state index contributed by atoms with van der Waals surface area (Å²) in [5.41, 5.74) is 1.01. The second-order valence-electron chi connectivity index (χ2n) is 3.28. The summed E-state index contributed by atoms with van der Waals surface area (Å²) in [6.45, 7) is 0. The van der Waals surface area contributed by atoms with Gasteiger partial charge in [0.2, 0.25) is 0 Å². The highest BCUT2D eigenvalue weighted by Crippen LogP contribution is 2.41. The Morgan fingerprint density at radius 2 is 2.15 bits per heavy atom. The van der Waals surface area contributed by atoms with Gasteiger partial charge >= 0.3 is 0 Å². The van der Waals surface area contributed by atoms with Gasteiger partial charge in [0.15, 0.2) is 0 Å². The van der Waals surface area contributed by atoms with E-state index < -0.39 is 5.24 Å². The number of halogens is 2. The summed E-state index contributed by atoms with van der Waals surface area (Å²) in [5, 5.41) is -0.526. The highest BCUT2D eigenvalue weighted by atomic mass is 35.5. The first-order valence-electron chi connectivity index (χ1n) is 4.18. The first kappa shape index (κ1) is 8.70. The van der Waals surface area contributed by atoms with Crippen LogP contribution in [0.4, 0.5) is 4.39 Å². The van der Waals surface area contributed by atoms with E-state index in [0.717, 1.165) is 12.8 Å². The van der Waals surface area contributed by atoms with Gasteiger partial charge in [0.25, 0.3) is 5.24 Å². The van der Waals surface area contributed by atoms with Crippen LogP contribution in [-0.4, -0.2) is 5.24 Å². The van der Waals surface area contributed by atoms with Crippen LogP contribution in [0.1, 0.15) is 34.7 Å². The summed E-state index contributed by atoms with van der Waals surface area (Å²) in [7, 11) is 0. The van der Waals surface area contributed by atoms with Crippen molar-refractivity contribution in [2.45, 2.75) is 18.8 Å². The van der Waals surface area contributed by atoms with Crippen LogP contribution in [0.5, 0.6) is 0 Å². The normalized spacial score (nSPS) is 15.8. The minimum absolute atomic E-state index is 0.232. The van der Waals surface area contributed by atoms with E-state index in [1.807, 2.05) is 0 Å². The number of benzene rings is 1. The molecule has 1 fully saturated rings. The van der Waals surface area contributed by atoms with Crippen LogP contribution in [0.25, 0.3) is 0 Å². The molecule has 1 nitrogen and oxygen atoms in total. The monoisotopic (exact) mass is 198 g/mol. The lowest BCUT2D eigenvalue weighted by atomic mass is 10.1. The van der Waals surface area contributed by atoms with Crippen molar-refractivity contribution in [1.82, 2.24) is 0 Å². The summed E-state index contributed by atoms with van der Waals surface area (Å²) < 4.78 is 13.2. The molecule has 0 aromatic heterocycles. The second kappa shape index (κ2) is 3.11. The van der Waals surface area contributed by atoms with Gasteiger partial charge in [-0.15, -0.1) is 0 Å². The van der Waals surface area contributed by atoms with Gasteiger partial charge in [-0.3, -0.25) is 4.79 Å². The molecule has 0 spiro atoms. The maximum absolute atomic E-state index is 13.2. The zero-order valence-corrected chi connectivity index (χ0v) is 7.64. The summed E-state index contributed by atoms with van der Waals surface area (Å²) >= 11 is 5.29. The Balaban J connectivity index is 2.41. The summed E-state index contributed by atoms with van der Waals surface area (Å²) in [6.07, 6.45) is 2.02. The van der Waals surface area contributed by atoms with Crippen molar-refractivity contribution in [3.63, 3.8) is 0 Å². The number of hydrogen-bond acceptors (Lipinski definition) is 1. The molecule has 3 heteroatoms. The van der Waals surface area contributed by atoms with Gasteiger partial charge in [0.05, 0.1) is 0 Å². The van der Waals surface area contributed by atoms with E-state index in [2.05, 4.69) is 0 Å². The highest BCUT2D eigenvalue weighted by molar-refractivity contribution is 6.67. The molecule has 0 atom stereocenters. The molecule has 1 aliphatic carbocycles. The van der Waals surface area contributed by atoms with Crippen LogP contribution in [0.3, 0.4) is 0 Å². The zero-order chi connectivity index (χ0) is 9.42. The Hall–Kier alpha value is -0.890. The number of carbonyl (C=O) groups is 1. The molecule has 2 rings (SSSR count). The minimum atomic E-state index is -0.526. The maximum atomic E-state index is 13.2. The predicted molar refractivity (Wildman–Crippen MR) is 48.6 cm³/mol. The molecular weight excluding hydrogens is 191 g/mol. The summed E-state index contributed by atoms with van der Waals surface area (Å²) in [4.78, 5) is 10.8. The third-order valence-corrected chi connectivity index (χ3v) is 2.46. The van der Waals surface area contributed by atoms with E-state index in [-0.39, 0.29) is 5.82 Å². The van der Waals surface area contributed by atoms with Crippen molar-refractivity contribution in [1.29, 1.82) is 0 Å². The molecule has 0 radical (unpaired) electrons. The van der Waals surface area contributed by atoms with Gasteiger partial charge in [0.1, 0.15) is 5.82 Å². The van der Waals surface area contributed by atoms with Crippen molar-refractivity contribution in [3.05, 3.63) is 35.1 Å². The van der Waals surface area contributed by atoms with Crippen molar-refractivity contribution in [3.8, 4) is 0 Å². The molecular formula is C10H8ClFO. The third kappa shape index (κ3) is 1.73. The molecule has 0 heterocycles. The van der Waals surface area contributed by atoms with Crippen LogP contribution < -0.4 is 0 Å². The number of rotatable bonds is 2. The lowest BCUT2D eigenvalue weighted by Crippen LogP contribution is -1.94. The molecule has 1 aromatic rings. The maximum Gasteiger partial charge on any atom is 0.252 e. The van der Waals surface area contributed by atoms with E-state index in [4.69, 9.17) is 11.6 Å². The third-order valence-electron chi connectivity index (χ3n) is 2.24. The molecule has 1 aromatic carbocycles. The Morgan fingerprint density at radius 1 is 1.46 bits per heavy atom. The van der Waals surface area contributed by atoms with E-state index >= 15 is 0 Å². The molecule has 13 heavy (non-hydrogen) atoms. The van der Waals surface area contributed by atoms with Crippen LogP contribution >= 0.6 is 11.6 Å². The van der Waals surface area contributed by atoms with Gasteiger partial charge < -0.3 is 0 Å². The fraction of sp³-hybridized carbons (Fsp3) is 0.300. The Morgan fingerprint density at radius 3 is 2.69 bits per heavy atom. The molecule has 1 saturated carbocycles. The van der Waals surface area contributed by atoms with Crippen LogP contribution in [0.15, 0.2) is 18.2 Å². The first-order chi connectivity index (χ1) is 6.18. The molecule has 0 unspecified atom stereocenters. The second-order valence-corrected chi connectivity index (χ2v) is 3.63. The van der Waals surface area contributed by atoms with Gasteiger partial charge in [-0.1, -0.05) is 0 Å². The van der Waals surface area contributed by atoms with Crippen molar-refractivity contribution >= 4 is 16.8 Å². The molecule has 0 N–H and O–H groups in total. The van der Waals surface area contributed by atoms with Crippen LogP contribution in [0.2, 0.25) is 0 Å². The quantitative estimate of drug-likeness (QED) is 0.668. The molecule has 68 valence electrons. The van der Waals surface area contributed by atoms with Gasteiger partial charge in [-0.25, -0.2) is 4.39 Å². The Labute approximate surface area is 80.5 Å². The minimum Gasteiger partial charge on any atom is -0.276 e. The van der Waals surface area contributed by atoms with Crippen molar-refractivity contribution < 1.29 is 9.18 Å². The molecule has 0 aliphatic heterocycles. The largest absolute Gasteiger partial charge is 0.276 e. The summed E-state index contributed by atoms with van der Waals surface area (Å²) in [5.74, 6) is 0.0696. The smallest absolute Gasteiger partial charge is 0.252 e. The SMILES string of the molecule is O=C(Cl)c1ccc(F)c(C2CC2)c1. The molecule has 0 bridgehead atoms. The average molecular weight is 199 g/mol. The van der Waals surface area contributed by atoms with Gasteiger partial charge in [-0.05, 0) is 54.1 Å². The zero-order valence-electron chi connectivity index (χ0n) is 6.89. The lowest BCUT2D eigenvalue weighted by molar-refractivity contribution is 0.108. The topological polar surface area (TPSA) is 17.1 Å². The van der Waals surface area contributed by atoms with E-state index in [1.54, 1.807) is 6.07 Å². The standard InChI is InChI=1S/C10H8ClFO/c11-10(13)7-3-4-9(12)8(5-7)6-1-2-6/h3-6H,1-2H2. The Bertz CT molecular complexity index is 358. The van der Waals surface area contributed by atoms with Crippen molar-refractivity contribution in [2.75, 3.05) is 0 Å². The molecule has 1 aliphatic rings. The van der Waals surface area contributed by atoms with Crippen molar-refractivity contribution in [2.24, 2.45) is 0 Å². The fourth-order valence-corrected chi connectivity index (χ4v) is 1.49. The van der Waals surface area contributed by atoms with Gasteiger partial charge in [0, 0.05) is 5.56 Å². The number of carbonyl (C=O) groups excluding carboxylic acids is 1. The van der Waals surface area contributed by atoms with E-state index in [9.17, 15) is 9.18 Å². The van der Waals surface area contributed by atoms with Crippen LogP contribution in [0, 0.1) is 5.82 Å². The summed E-state index contributed by atoms with van der Waals surface area (Å²) in [6, 6.07) is 4.28. The average Bonchev–Trinajstić information content (AvgIpc) is 2.87. The van der Waals surface area contributed by atoms with Crippen LogP contribution in [-0.2, 0) is 0 Å². The number of hydrogen-bond donors (Lipinski definition) is 0. The fourth-order valence-electron chi connectivity index (χ4n) is 1.37. The van der Waals surface area contributed by atoms with Gasteiger partial charge in [-0.2, -0.15) is 0 Å². The van der Waals surface area contributed by atoms with E-state index in [1.165, 1.54) is 12.1 Å². The van der Waals surface area contributed by atoms with E-state index in [0.29, 0.717) is 17.0 Å². The first-order valence-corrected chi connectivity index (χ1v) is 4.55.